The topological polar surface area (TPSA) is 62.3 Å². The third-order valence-electron chi connectivity index (χ3n) is 3.55. The molecule has 0 bridgehead atoms. The zero-order chi connectivity index (χ0) is 13.6. The second-order valence-electron chi connectivity index (χ2n) is 4.77. The van der Waals surface area contributed by atoms with Gasteiger partial charge in [-0.25, -0.2) is 0 Å². The van der Waals surface area contributed by atoms with Crippen LogP contribution in [0.25, 0.3) is 11.3 Å². The highest BCUT2D eigenvalue weighted by Gasteiger charge is 2.20. The summed E-state index contributed by atoms with van der Waals surface area (Å²) < 4.78 is 12.7. The Kier molecular flexibility index (Phi) is 2.71. The van der Waals surface area contributed by atoms with Crippen LogP contribution in [0.2, 0.25) is 0 Å². The Bertz CT molecular complexity index is 647. The van der Waals surface area contributed by atoms with E-state index in [9.17, 15) is 0 Å². The summed E-state index contributed by atoms with van der Waals surface area (Å²) in [6.45, 7) is 4.85. The minimum atomic E-state index is 0.288. The summed E-state index contributed by atoms with van der Waals surface area (Å²) in [7, 11) is 1.94. The quantitative estimate of drug-likeness (QED) is 0.894. The molecule has 1 aromatic heterocycles. The van der Waals surface area contributed by atoms with E-state index in [1.165, 1.54) is 0 Å². The minimum Gasteiger partial charge on any atom is -0.454 e. The zero-order valence-corrected chi connectivity index (χ0v) is 11.4. The van der Waals surface area contributed by atoms with Crippen molar-refractivity contribution < 1.29 is 9.47 Å². The molecule has 0 spiro atoms. The summed E-state index contributed by atoms with van der Waals surface area (Å²) in [4.78, 5) is 0. The van der Waals surface area contributed by atoms with Crippen LogP contribution >= 0.6 is 0 Å². The summed E-state index contributed by atoms with van der Waals surface area (Å²) in [5.74, 6) is 1.59. The van der Waals surface area contributed by atoms with Gasteiger partial charge in [0, 0.05) is 19.2 Å². The predicted octanol–water partition coefficient (Wildman–Crippen LogP) is 1.89. The van der Waals surface area contributed by atoms with E-state index in [1.807, 2.05) is 23.9 Å². The molecule has 1 aromatic carbocycles. The van der Waals surface area contributed by atoms with Crippen molar-refractivity contribution in [2.45, 2.75) is 20.4 Å². The molecule has 0 unspecified atom stereocenters. The number of nitrogens with two attached hydrogens (primary N) is 1. The van der Waals surface area contributed by atoms with Gasteiger partial charge in [0.1, 0.15) is 0 Å². The number of ether oxygens (including phenoxy) is 2. The van der Waals surface area contributed by atoms with Gasteiger partial charge in [-0.05, 0) is 37.1 Å². The van der Waals surface area contributed by atoms with Crippen molar-refractivity contribution in [1.29, 1.82) is 0 Å². The summed E-state index contributed by atoms with van der Waals surface area (Å²) in [5.41, 5.74) is 11.1. The summed E-state index contributed by atoms with van der Waals surface area (Å²) in [6, 6.07) is 4.02. The first-order valence-corrected chi connectivity index (χ1v) is 6.25. The second-order valence-corrected chi connectivity index (χ2v) is 4.77. The number of aromatic nitrogens is 2. The highest BCUT2D eigenvalue weighted by molar-refractivity contribution is 5.71. The lowest BCUT2D eigenvalue weighted by Crippen LogP contribution is -1.99. The molecule has 2 N–H and O–H groups in total. The fourth-order valence-electron chi connectivity index (χ4n) is 2.55. The molecule has 0 fully saturated rings. The zero-order valence-electron chi connectivity index (χ0n) is 11.4. The van der Waals surface area contributed by atoms with Crippen LogP contribution in [-0.2, 0) is 13.6 Å². The standard InChI is InChI=1S/C14H17N3O2/c1-8-4-12-13(19-7-18-12)5-10(8)14-9(2)11(6-15)16-17(14)3/h4-5H,6-7,15H2,1-3H3. The molecule has 0 saturated carbocycles. The lowest BCUT2D eigenvalue weighted by Gasteiger charge is -2.09. The molecule has 2 aromatic rings. The van der Waals surface area contributed by atoms with E-state index in [4.69, 9.17) is 15.2 Å². The Morgan fingerprint density at radius 2 is 1.95 bits per heavy atom. The predicted molar refractivity (Wildman–Crippen MR) is 72.1 cm³/mol. The first-order valence-electron chi connectivity index (χ1n) is 6.25. The number of aryl methyl sites for hydroxylation is 2. The van der Waals surface area contributed by atoms with Crippen molar-refractivity contribution in [3.05, 3.63) is 29.0 Å². The van der Waals surface area contributed by atoms with E-state index in [1.54, 1.807) is 0 Å². The second kappa shape index (κ2) is 4.28. The minimum absolute atomic E-state index is 0.288. The summed E-state index contributed by atoms with van der Waals surface area (Å²) in [5, 5.41) is 4.46. The summed E-state index contributed by atoms with van der Waals surface area (Å²) >= 11 is 0. The molecular weight excluding hydrogens is 242 g/mol. The maximum absolute atomic E-state index is 5.72. The van der Waals surface area contributed by atoms with Gasteiger partial charge in [-0.2, -0.15) is 5.10 Å². The molecule has 0 saturated heterocycles. The molecular formula is C14H17N3O2. The average molecular weight is 259 g/mol. The lowest BCUT2D eigenvalue weighted by atomic mass is 10.0. The van der Waals surface area contributed by atoms with Crippen LogP contribution in [0, 0.1) is 13.8 Å². The Morgan fingerprint density at radius 3 is 2.58 bits per heavy atom. The van der Waals surface area contributed by atoms with Crippen LogP contribution in [-0.4, -0.2) is 16.6 Å². The Labute approximate surface area is 111 Å². The molecule has 0 radical (unpaired) electrons. The molecule has 1 aliphatic heterocycles. The van der Waals surface area contributed by atoms with Gasteiger partial charge in [-0.3, -0.25) is 4.68 Å². The third kappa shape index (κ3) is 1.77. The Morgan fingerprint density at radius 1 is 1.26 bits per heavy atom. The van der Waals surface area contributed by atoms with Gasteiger partial charge >= 0.3 is 0 Å². The van der Waals surface area contributed by atoms with Gasteiger partial charge in [0.25, 0.3) is 0 Å². The first kappa shape index (κ1) is 12.0. The molecule has 2 heterocycles. The van der Waals surface area contributed by atoms with E-state index in [0.717, 1.165) is 39.6 Å². The first-order chi connectivity index (χ1) is 9.11. The molecule has 100 valence electrons. The fourth-order valence-corrected chi connectivity index (χ4v) is 2.55. The molecule has 1 aliphatic rings. The van der Waals surface area contributed by atoms with Crippen molar-refractivity contribution >= 4 is 0 Å². The highest BCUT2D eigenvalue weighted by atomic mass is 16.7. The van der Waals surface area contributed by atoms with Gasteiger partial charge in [-0.15, -0.1) is 0 Å². The fraction of sp³-hybridized carbons (Fsp3) is 0.357. The molecule has 5 heteroatoms. The number of fused-ring (bicyclic) bond motifs is 1. The lowest BCUT2D eigenvalue weighted by molar-refractivity contribution is 0.174. The smallest absolute Gasteiger partial charge is 0.231 e. The maximum atomic E-state index is 5.72. The van der Waals surface area contributed by atoms with Crippen molar-refractivity contribution in [3.63, 3.8) is 0 Å². The van der Waals surface area contributed by atoms with Gasteiger partial charge in [0.15, 0.2) is 11.5 Å². The monoisotopic (exact) mass is 259 g/mol. The molecule has 19 heavy (non-hydrogen) atoms. The van der Waals surface area contributed by atoms with Crippen LogP contribution in [0.3, 0.4) is 0 Å². The maximum Gasteiger partial charge on any atom is 0.231 e. The summed E-state index contributed by atoms with van der Waals surface area (Å²) in [6.07, 6.45) is 0. The van der Waals surface area contributed by atoms with Crippen LogP contribution in [0.1, 0.15) is 16.8 Å². The number of benzene rings is 1. The van der Waals surface area contributed by atoms with Crippen LogP contribution in [0.5, 0.6) is 11.5 Å². The van der Waals surface area contributed by atoms with Crippen LogP contribution < -0.4 is 15.2 Å². The van der Waals surface area contributed by atoms with Gasteiger partial charge in [0.2, 0.25) is 6.79 Å². The van der Waals surface area contributed by atoms with E-state index in [-0.39, 0.29) is 6.79 Å². The number of nitrogens with zero attached hydrogens (tertiary/aromatic N) is 2. The van der Waals surface area contributed by atoms with Gasteiger partial charge in [-0.1, -0.05) is 0 Å². The van der Waals surface area contributed by atoms with Gasteiger partial charge < -0.3 is 15.2 Å². The molecule has 0 amide bonds. The number of rotatable bonds is 2. The van der Waals surface area contributed by atoms with E-state index >= 15 is 0 Å². The SMILES string of the molecule is Cc1cc2c(cc1-c1c(C)c(CN)nn1C)OCO2. The Balaban J connectivity index is 2.20. The van der Waals surface area contributed by atoms with Crippen molar-refractivity contribution in [2.24, 2.45) is 12.8 Å². The van der Waals surface area contributed by atoms with Gasteiger partial charge in [0.05, 0.1) is 11.4 Å². The van der Waals surface area contributed by atoms with Crippen molar-refractivity contribution in [2.75, 3.05) is 6.79 Å². The largest absolute Gasteiger partial charge is 0.454 e. The highest BCUT2D eigenvalue weighted by Crippen LogP contribution is 2.39. The third-order valence-corrected chi connectivity index (χ3v) is 3.55. The molecule has 5 nitrogen and oxygen atoms in total. The van der Waals surface area contributed by atoms with E-state index < -0.39 is 0 Å². The van der Waals surface area contributed by atoms with Crippen molar-refractivity contribution in [3.8, 4) is 22.8 Å². The normalized spacial score (nSPS) is 13.1. The molecule has 0 atom stereocenters. The van der Waals surface area contributed by atoms with Crippen LogP contribution in [0.15, 0.2) is 12.1 Å². The average Bonchev–Trinajstić information content (AvgIpc) is 2.93. The molecule has 0 aliphatic carbocycles. The number of hydrogen-bond acceptors (Lipinski definition) is 4. The number of hydrogen-bond donors (Lipinski definition) is 1. The van der Waals surface area contributed by atoms with Crippen LogP contribution in [0.4, 0.5) is 0 Å². The Hall–Kier alpha value is -2.01. The van der Waals surface area contributed by atoms with E-state index in [0.29, 0.717) is 6.54 Å². The van der Waals surface area contributed by atoms with Crippen molar-refractivity contribution in [1.82, 2.24) is 9.78 Å². The van der Waals surface area contributed by atoms with E-state index in [2.05, 4.69) is 18.9 Å². The molecule has 3 rings (SSSR count).